The zero-order valence-corrected chi connectivity index (χ0v) is 16.6. The smallest absolute Gasteiger partial charge is 0.272 e. The molecule has 0 unspecified atom stereocenters. The molecule has 0 saturated heterocycles. The van der Waals surface area contributed by atoms with Crippen molar-refractivity contribution < 1.29 is 4.79 Å². The summed E-state index contributed by atoms with van der Waals surface area (Å²) in [6, 6.07) is 17.5. The minimum absolute atomic E-state index is 0.127. The number of aromatic amines is 1. The van der Waals surface area contributed by atoms with Crippen molar-refractivity contribution in [3.63, 3.8) is 0 Å². The van der Waals surface area contributed by atoms with E-state index >= 15 is 0 Å². The molecular weight excluding hydrogens is 406 g/mol. The fraction of sp³-hybridized carbons (Fsp3) is 0.150. The third-order valence-corrected chi connectivity index (χ3v) is 5.08. The van der Waals surface area contributed by atoms with Crippen molar-refractivity contribution >= 4 is 32.9 Å². The monoisotopic (exact) mass is 423 g/mol. The number of imidazole rings is 1. The van der Waals surface area contributed by atoms with Gasteiger partial charge in [-0.25, -0.2) is 4.98 Å². The van der Waals surface area contributed by atoms with Crippen molar-refractivity contribution in [2.24, 2.45) is 7.05 Å². The quantitative estimate of drug-likeness (QED) is 0.539. The number of nitrogens with zero attached hydrogens (tertiary/aromatic N) is 4. The second-order valence-electron chi connectivity index (χ2n) is 6.41. The molecule has 0 aliphatic carbocycles. The van der Waals surface area contributed by atoms with E-state index < -0.39 is 0 Å². The summed E-state index contributed by atoms with van der Waals surface area (Å²) in [5, 5.41) is 7.12. The molecule has 0 atom stereocenters. The van der Waals surface area contributed by atoms with Crippen LogP contribution in [0.25, 0.3) is 22.3 Å². The number of nitrogens with one attached hydrogen (secondary N) is 1. The van der Waals surface area contributed by atoms with E-state index in [9.17, 15) is 4.79 Å². The van der Waals surface area contributed by atoms with Crippen LogP contribution < -0.4 is 0 Å². The highest BCUT2D eigenvalue weighted by Crippen LogP contribution is 2.21. The van der Waals surface area contributed by atoms with Crippen molar-refractivity contribution in [1.29, 1.82) is 0 Å². The predicted octanol–water partition coefficient (Wildman–Crippen LogP) is 4.00. The fourth-order valence-corrected chi connectivity index (χ4v) is 3.29. The maximum absolute atomic E-state index is 12.8. The molecule has 4 rings (SSSR count). The highest BCUT2D eigenvalue weighted by atomic mass is 79.9. The van der Waals surface area contributed by atoms with E-state index in [1.54, 1.807) is 18.0 Å². The number of carbonyl (C=O) groups is 1. The molecule has 2 aromatic carbocycles. The molecule has 2 heterocycles. The highest BCUT2D eigenvalue weighted by Gasteiger charge is 2.18. The Hall–Kier alpha value is -2.93. The number of hydrogen-bond acceptors (Lipinski definition) is 3. The van der Waals surface area contributed by atoms with Crippen LogP contribution in [0.5, 0.6) is 0 Å². The van der Waals surface area contributed by atoms with E-state index in [0.29, 0.717) is 12.2 Å². The van der Waals surface area contributed by atoms with Gasteiger partial charge in [-0.05, 0) is 30.3 Å². The van der Waals surface area contributed by atoms with Crippen LogP contribution in [0.4, 0.5) is 0 Å². The van der Waals surface area contributed by atoms with Crippen molar-refractivity contribution in [2.75, 3.05) is 7.05 Å². The third kappa shape index (κ3) is 3.38. The Labute approximate surface area is 165 Å². The summed E-state index contributed by atoms with van der Waals surface area (Å²) in [4.78, 5) is 19.1. The van der Waals surface area contributed by atoms with Crippen LogP contribution in [0, 0.1) is 0 Å². The maximum Gasteiger partial charge on any atom is 0.272 e. The molecule has 0 spiro atoms. The Morgan fingerprint density at radius 2 is 1.93 bits per heavy atom. The number of fused-ring (bicyclic) bond motifs is 1. The van der Waals surface area contributed by atoms with Gasteiger partial charge in [0.1, 0.15) is 11.5 Å². The lowest BCUT2D eigenvalue weighted by molar-refractivity contribution is 0.0775. The van der Waals surface area contributed by atoms with Gasteiger partial charge in [0, 0.05) is 24.1 Å². The third-order valence-electron chi connectivity index (χ3n) is 4.55. The molecule has 6 nitrogen and oxygen atoms in total. The summed E-state index contributed by atoms with van der Waals surface area (Å²) in [5.74, 6) is 0.706. The molecule has 0 fully saturated rings. The summed E-state index contributed by atoms with van der Waals surface area (Å²) in [6.07, 6.45) is 0. The molecule has 1 amide bonds. The van der Waals surface area contributed by atoms with E-state index in [4.69, 9.17) is 0 Å². The largest absolute Gasteiger partial charge is 0.333 e. The van der Waals surface area contributed by atoms with E-state index in [2.05, 4.69) is 31.1 Å². The van der Waals surface area contributed by atoms with Gasteiger partial charge < -0.3 is 9.47 Å². The molecule has 0 saturated carbocycles. The molecule has 2 aromatic heterocycles. The van der Waals surface area contributed by atoms with Gasteiger partial charge in [0.05, 0.1) is 23.3 Å². The number of para-hydroxylation sites is 2. The molecule has 136 valence electrons. The van der Waals surface area contributed by atoms with Gasteiger partial charge in [-0.2, -0.15) is 5.10 Å². The molecular formula is C20H18BrN5O. The van der Waals surface area contributed by atoms with Crippen LogP contribution in [-0.2, 0) is 13.6 Å². The lowest BCUT2D eigenvalue weighted by Gasteiger charge is -2.15. The van der Waals surface area contributed by atoms with Gasteiger partial charge in [0.2, 0.25) is 0 Å². The van der Waals surface area contributed by atoms with Gasteiger partial charge in [-0.1, -0.05) is 40.2 Å². The van der Waals surface area contributed by atoms with Crippen LogP contribution in [0.15, 0.2) is 59.1 Å². The lowest BCUT2D eigenvalue weighted by atomic mass is 10.1. The van der Waals surface area contributed by atoms with E-state index in [-0.39, 0.29) is 5.91 Å². The second kappa shape index (κ2) is 7.00. The van der Waals surface area contributed by atoms with E-state index in [1.807, 2.05) is 60.1 Å². The first kappa shape index (κ1) is 17.5. The minimum Gasteiger partial charge on any atom is -0.333 e. The Morgan fingerprint density at radius 3 is 2.67 bits per heavy atom. The Morgan fingerprint density at radius 1 is 1.19 bits per heavy atom. The first-order chi connectivity index (χ1) is 13.0. The number of rotatable bonds is 4. The molecule has 0 aliphatic heterocycles. The van der Waals surface area contributed by atoms with E-state index in [0.717, 1.165) is 32.6 Å². The molecule has 1 N–H and O–H groups in total. The highest BCUT2D eigenvalue weighted by molar-refractivity contribution is 9.10. The zero-order valence-electron chi connectivity index (χ0n) is 15.0. The van der Waals surface area contributed by atoms with Crippen molar-refractivity contribution in [1.82, 2.24) is 24.6 Å². The summed E-state index contributed by atoms with van der Waals surface area (Å²) in [6.45, 7) is 0.413. The van der Waals surface area contributed by atoms with Crippen molar-refractivity contribution in [2.45, 2.75) is 6.54 Å². The van der Waals surface area contributed by atoms with Gasteiger partial charge in [-0.3, -0.25) is 9.89 Å². The number of aromatic nitrogens is 4. The summed E-state index contributed by atoms with van der Waals surface area (Å²) >= 11 is 3.42. The first-order valence-electron chi connectivity index (χ1n) is 8.50. The number of amides is 1. The average Bonchev–Trinajstić information content (AvgIpc) is 3.28. The number of benzene rings is 2. The number of halogens is 1. The van der Waals surface area contributed by atoms with Crippen molar-refractivity contribution in [3.8, 4) is 11.3 Å². The molecule has 0 bridgehead atoms. The first-order valence-corrected chi connectivity index (χ1v) is 9.29. The van der Waals surface area contributed by atoms with Gasteiger partial charge in [0.25, 0.3) is 5.91 Å². The van der Waals surface area contributed by atoms with Crippen LogP contribution in [0.2, 0.25) is 0 Å². The van der Waals surface area contributed by atoms with Crippen LogP contribution in [-0.4, -0.2) is 37.6 Å². The molecule has 0 radical (unpaired) electrons. The van der Waals surface area contributed by atoms with E-state index in [1.165, 1.54) is 0 Å². The molecule has 7 heteroatoms. The summed E-state index contributed by atoms with van der Waals surface area (Å²) in [5.41, 5.74) is 4.12. The normalized spacial score (nSPS) is 11.1. The van der Waals surface area contributed by atoms with Crippen molar-refractivity contribution in [3.05, 3.63) is 70.6 Å². The summed E-state index contributed by atoms with van der Waals surface area (Å²) < 4.78 is 3.01. The predicted molar refractivity (Wildman–Crippen MR) is 108 cm³/mol. The Kier molecular flexibility index (Phi) is 4.53. The maximum atomic E-state index is 12.8. The topological polar surface area (TPSA) is 66.8 Å². The average molecular weight is 424 g/mol. The molecule has 4 aromatic rings. The molecule has 0 aliphatic rings. The standard InChI is InChI=1S/C20H18BrN5O/c1-25(12-19-22-15-5-3-4-6-18(15)26(19)2)20(27)17-11-16(23-24-17)13-7-9-14(21)10-8-13/h3-11H,12H2,1-2H3,(H,23,24). The van der Waals surface area contributed by atoms with Gasteiger partial charge >= 0.3 is 0 Å². The number of carbonyl (C=O) groups excluding carboxylic acids is 1. The second-order valence-corrected chi connectivity index (χ2v) is 7.33. The number of aryl methyl sites for hydroxylation is 1. The summed E-state index contributed by atoms with van der Waals surface area (Å²) in [7, 11) is 3.73. The lowest BCUT2D eigenvalue weighted by Crippen LogP contribution is -2.27. The van der Waals surface area contributed by atoms with Crippen LogP contribution >= 0.6 is 15.9 Å². The fourth-order valence-electron chi connectivity index (χ4n) is 3.03. The Bertz CT molecular complexity index is 1110. The Balaban J connectivity index is 1.53. The minimum atomic E-state index is -0.127. The van der Waals surface area contributed by atoms with Gasteiger partial charge in [-0.15, -0.1) is 0 Å². The van der Waals surface area contributed by atoms with Crippen LogP contribution in [0.1, 0.15) is 16.3 Å². The zero-order chi connectivity index (χ0) is 19.0. The van der Waals surface area contributed by atoms with Gasteiger partial charge in [0.15, 0.2) is 0 Å². The molecule has 27 heavy (non-hydrogen) atoms. The number of H-pyrrole nitrogens is 1. The SMILES string of the molecule is CN(Cc1nc2ccccc2n1C)C(=O)c1cc(-c2ccc(Br)cc2)n[nH]1. The number of hydrogen-bond donors (Lipinski definition) is 1. The van der Waals surface area contributed by atoms with Crippen LogP contribution in [0.3, 0.4) is 0 Å².